The fourth-order valence-electron chi connectivity index (χ4n) is 1.90. The number of hydrogen-bond acceptors (Lipinski definition) is 3. The Morgan fingerprint density at radius 2 is 1.86 bits per heavy atom. The first-order valence-electron chi connectivity index (χ1n) is 6.20. The predicted molar refractivity (Wildman–Crippen MR) is 79.4 cm³/mol. The van der Waals surface area contributed by atoms with Gasteiger partial charge in [0.1, 0.15) is 17.4 Å². The van der Waals surface area contributed by atoms with Crippen molar-refractivity contribution in [3.63, 3.8) is 0 Å². The normalized spacial score (nSPS) is 11.6. The van der Waals surface area contributed by atoms with Crippen molar-refractivity contribution in [1.29, 1.82) is 0 Å². The number of phenols is 1. The molecule has 4 nitrogen and oxygen atoms in total. The largest absolute Gasteiger partial charge is 0.507 e. The highest BCUT2D eigenvalue weighted by atomic mass is 35.5. The van der Waals surface area contributed by atoms with Crippen molar-refractivity contribution in [3.8, 4) is 16.9 Å². The summed E-state index contributed by atoms with van der Waals surface area (Å²) in [5.41, 5.74) is -0.551. The summed E-state index contributed by atoms with van der Waals surface area (Å²) in [5.74, 6) is -2.14. The first-order chi connectivity index (χ1) is 10.4. The van der Waals surface area contributed by atoms with E-state index in [9.17, 15) is 22.3 Å². The van der Waals surface area contributed by atoms with Gasteiger partial charge in [-0.1, -0.05) is 6.07 Å². The molecule has 2 aromatic rings. The molecule has 0 radical (unpaired) electrons. The van der Waals surface area contributed by atoms with Crippen LogP contribution >= 0.6 is 11.6 Å². The lowest BCUT2D eigenvalue weighted by atomic mass is 10.0. The zero-order chi connectivity index (χ0) is 16.3. The van der Waals surface area contributed by atoms with Crippen molar-refractivity contribution in [3.05, 3.63) is 48.0 Å². The summed E-state index contributed by atoms with van der Waals surface area (Å²) in [6.07, 6.45) is 0. The average molecular weight is 348 g/mol. The Bertz CT molecular complexity index is 776. The molecule has 0 amide bonds. The molecule has 8 heteroatoms. The van der Waals surface area contributed by atoms with Crippen molar-refractivity contribution >= 4 is 21.6 Å². The second-order valence-electron chi connectivity index (χ2n) is 4.36. The highest BCUT2D eigenvalue weighted by Gasteiger charge is 2.19. The van der Waals surface area contributed by atoms with Crippen LogP contribution in [0.3, 0.4) is 0 Å². The van der Waals surface area contributed by atoms with Gasteiger partial charge in [-0.3, -0.25) is 0 Å². The molecule has 2 N–H and O–H groups in total. The molecule has 2 aromatic carbocycles. The van der Waals surface area contributed by atoms with Gasteiger partial charge in [0.15, 0.2) is 0 Å². The number of hydrogen-bond donors (Lipinski definition) is 2. The van der Waals surface area contributed by atoms with Gasteiger partial charge in [0.05, 0.1) is 10.5 Å². The summed E-state index contributed by atoms with van der Waals surface area (Å²) in [7, 11) is -3.89. The maximum atomic E-state index is 14.2. The smallest absolute Gasteiger partial charge is 0.240 e. The van der Waals surface area contributed by atoms with E-state index in [0.717, 1.165) is 24.3 Å². The third-order valence-electron chi connectivity index (χ3n) is 2.90. The van der Waals surface area contributed by atoms with Crippen molar-refractivity contribution in [1.82, 2.24) is 4.72 Å². The van der Waals surface area contributed by atoms with Gasteiger partial charge in [0.25, 0.3) is 0 Å². The van der Waals surface area contributed by atoms with E-state index in [1.165, 1.54) is 12.1 Å². The summed E-state index contributed by atoms with van der Waals surface area (Å²) < 4.78 is 53.8. The second kappa shape index (κ2) is 6.60. The average Bonchev–Trinajstić information content (AvgIpc) is 2.46. The minimum absolute atomic E-state index is 0.00135. The Morgan fingerprint density at radius 1 is 1.14 bits per heavy atom. The lowest BCUT2D eigenvalue weighted by Gasteiger charge is -2.10. The van der Waals surface area contributed by atoms with Crippen LogP contribution in [-0.2, 0) is 10.0 Å². The van der Waals surface area contributed by atoms with E-state index in [1.54, 1.807) is 0 Å². The van der Waals surface area contributed by atoms with Crippen LogP contribution in [0.5, 0.6) is 5.75 Å². The first-order valence-corrected chi connectivity index (χ1v) is 8.21. The predicted octanol–water partition coefficient (Wildman–Crippen LogP) is 2.85. The molecule has 0 spiro atoms. The van der Waals surface area contributed by atoms with E-state index in [0.29, 0.717) is 0 Å². The number of aromatic hydroxyl groups is 1. The van der Waals surface area contributed by atoms with E-state index >= 15 is 0 Å². The van der Waals surface area contributed by atoms with Crippen molar-refractivity contribution in [2.24, 2.45) is 0 Å². The van der Waals surface area contributed by atoms with Gasteiger partial charge in [-0.05, 0) is 30.3 Å². The molecule has 0 bridgehead atoms. The molecule has 0 fully saturated rings. The summed E-state index contributed by atoms with van der Waals surface area (Å²) in [6.45, 7) is 0.00135. The number of alkyl halides is 1. The molecule has 118 valence electrons. The highest BCUT2D eigenvalue weighted by Crippen LogP contribution is 2.34. The number of rotatable bonds is 5. The van der Waals surface area contributed by atoms with Gasteiger partial charge in [-0.2, -0.15) is 0 Å². The number of phenolic OH excluding ortho intramolecular Hbond substituents is 1. The van der Waals surface area contributed by atoms with Crippen LogP contribution in [0.2, 0.25) is 0 Å². The van der Waals surface area contributed by atoms with Crippen LogP contribution in [0.25, 0.3) is 11.1 Å². The molecule has 22 heavy (non-hydrogen) atoms. The Labute approximate surface area is 131 Å². The lowest BCUT2D eigenvalue weighted by Crippen LogP contribution is -2.25. The maximum Gasteiger partial charge on any atom is 0.240 e. The summed E-state index contributed by atoms with van der Waals surface area (Å²) in [6, 6.07) is 6.55. The monoisotopic (exact) mass is 347 g/mol. The molecule has 0 aromatic heterocycles. The third-order valence-corrected chi connectivity index (χ3v) is 4.55. The summed E-state index contributed by atoms with van der Waals surface area (Å²) >= 11 is 5.40. The quantitative estimate of drug-likeness (QED) is 0.817. The van der Waals surface area contributed by atoms with Crippen LogP contribution in [-0.4, -0.2) is 25.9 Å². The topological polar surface area (TPSA) is 66.4 Å². The van der Waals surface area contributed by atoms with Crippen molar-refractivity contribution < 1.29 is 22.3 Å². The van der Waals surface area contributed by atoms with Crippen molar-refractivity contribution in [2.75, 3.05) is 12.4 Å². The molecule has 0 saturated heterocycles. The molecular weight excluding hydrogens is 336 g/mol. The fraction of sp³-hybridized carbons (Fsp3) is 0.143. The summed E-state index contributed by atoms with van der Waals surface area (Å²) in [4.78, 5) is -0.310. The van der Waals surface area contributed by atoms with Crippen LogP contribution in [0, 0.1) is 11.6 Å². The van der Waals surface area contributed by atoms with E-state index in [1.807, 2.05) is 0 Å². The van der Waals surface area contributed by atoms with Gasteiger partial charge < -0.3 is 5.11 Å². The van der Waals surface area contributed by atoms with Gasteiger partial charge in [0, 0.05) is 18.0 Å². The molecule has 2 rings (SSSR count). The zero-order valence-electron chi connectivity index (χ0n) is 11.2. The molecular formula is C14H12ClF2NO3S. The van der Waals surface area contributed by atoms with E-state index in [-0.39, 0.29) is 28.4 Å². The minimum Gasteiger partial charge on any atom is -0.507 e. The second-order valence-corrected chi connectivity index (χ2v) is 6.51. The Hall–Kier alpha value is -1.70. The SMILES string of the molecule is O=S(=O)(NCCCl)c1ccc(-c2c(O)cccc2F)c(F)c1. The van der Waals surface area contributed by atoms with Crippen LogP contribution in [0.1, 0.15) is 0 Å². The number of nitrogens with one attached hydrogen (secondary N) is 1. The lowest BCUT2D eigenvalue weighted by molar-refractivity contribution is 0.471. The maximum absolute atomic E-state index is 14.2. The van der Waals surface area contributed by atoms with E-state index < -0.39 is 27.4 Å². The molecule has 0 aliphatic carbocycles. The van der Waals surface area contributed by atoms with Gasteiger partial charge in [-0.15, -0.1) is 11.6 Å². The molecule has 0 saturated carbocycles. The molecule has 0 heterocycles. The molecule has 0 unspecified atom stereocenters. The Kier molecular flexibility index (Phi) is 5.00. The summed E-state index contributed by atoms with van der Waals surface area (Å²) in [5, 5.41) is 9.66. The first kappa shape index (κ1) is 16.7. The third kappa shape index (κ3) is 3.37. The minimum atomic E-state index is -3.89. The molecule has 0 aliphatic rings. The van der Waals surface area contributed by atoms with E-state index in [2.05, 4.69) is 4.72 Å². The van der Waals surface area contributed by atoms with E-state index in [4.69, 9.17) is 11.6 Å². The van der Waals surface area contributed by atoms with Gasteiger partial charge in [-0.25, -0.2) is 21.9 Å². The molecule has 0 aliphatic heterocycles. The van der Waals surface area contributed by atoms with Crippen LogP contribution in [0.15, 0.2) is 41.3 Å². The van der Waals surface area contributed by atoms with Gasteiger partial charge >= 0.3 is 0 Å². The standard InChI is InChI=1S/C14H12ClF2NO3S/c15-6-7-18-22(20,21)9-4-5-10(12(17)8-9)14-11(16)2-1-3-13(14)19/h1-5,8,18-19H,6-7H2. The zero-order valence-corrected chi connectivity index (χ0v) is 12.8. The Morgan fingerprint density at radius 3 is 2.45 bits per heavy atom. The van der Waals surface area contributed by atoms with Crippen LogP contribution in [0.4, 0.5) is 8.78 Å². The highest BCUT2D eigenvalue weighted by molar-refractivity contribution is 7.89. The number of benzene rings is 2. The van der Waals surface area contributed by atoms with Crippen LogP contribution < -0.4 is 4.72 Å². The molecule has 0 atom stereocenters. The van der Waals surface area contributed by atoms with Crippen molar-refractivity contribution in [2.45, 2.75) is 4.90 Å². The van der Waals surface area contributed by atoms with Gasteiger partial charge in [0.2, 0.25) is 10.0 Å². The fourth-order valence-corrected chi connectivity index (χ4v) is 3.15. The Balaban J connectivity index is 2.47. The number of sulfonamides is 1. The number of halogens is 3.